The first-order chi connectivity index (χ1) is 11.1. The van der Waals surface area contributed by atoms with Gasteiger partial charge in [0.05, 0.1) is 12.5 Å². The molecule has 1 rings (SSSR count). The molecule has 0 saturated carbocycles. The molecule has 0 spiro atoms. The number of unbranched alkanes of at least 4 members (excludes halogenated alkanes) is 6. The summed E-state index contributed by atoms with van der Waals surface area (Å²) in [5, 5.41) is 3.95. The van der Waals surface area contributed by atoms with Gasteiger partial charge in [0.25, 0.3) is 5.88 Å². The minimum absolute atomic E-state index is 0.190. The monoisotopic (exact) mass is 323 g/mol. The van der Waals surface area contributed by atoms with Crippen molar-refractivity contribution in [3.05, 3.63) is 11.8 Å². The minimum Gasteiger partial charge on any atom is -0.476 e. The standard InChI is InChI=1S/C19H33NO3/c1-5-7-8-9-10-11-12-13-22-18-14-17(23-20-18)19(15(3)4)16(21)6-2/h14-15,19H,5-13H2,1-4H3. The fourth-order valence-corrected chi connectivity index (χ4v) is 2.80. The number of rotatable bonds is 13. The van der Waals surface area contributed by atoms with Gasteiger partial charge in [-0.3, -0.25) is 4.79 Å². The molecule has 0 aromatic carbocycles. The summed E-state index contributed by atoms with van der Waals surface area (Å²) in [5.74, 6) is 1.30. The van der Waals surface area contributed by atoms with Crippen LogP contribution in [0.4, 0.5) is 0 Å². The van der Waals surface area contributed by atoms with Crippen LogP contribution < -0.4 is 4.74 Å². The summed E-state index contributed by atoms with van der Waals surface area (Å²) in [6.45, 7) is 8.83. The van der Waals surface area contributed by atoms with Crippen LogP contribution in [0.25, 0.3) is 0 Å². The van der Waals surface area contributed by atoms with Gasteiger partial charge in [-0.1, -0.05) is 66.2 Å². The molecule has 0 fully saturated rings. The summed E-state index contributed by atoms with van der Waals surface area (Å²) in [7, 11) is 0. The Morgan fingerprint density at radius 2 is 1.78 bits per heavy atom. The molecule has 0 bridgehead atoms. The second-order valence-electron chi connectivity index (χ2n) is 6.58. The van der Waals surface area contributed by atoms with Gasteiger partial charge in [0.2, 0.25) is 0 Å². The fraction of sp³-hybridized carbons (Fsp3) is 0.789. The zero-order valence-electron chi connectivity index (χ0n) is 15.3. The fourth-order valence-electron chi connectivity index (χ4n) is 2.80. The zero-order chi connectivity index (χ0) is 17.1. The molecule has 1 aromatic rings. The Morgan fingerprint density at radius 3 is 2.39 bits per heavy atom. The highest BCUT2D eigenvalue weighted by Crippen LogP contribution is 2.29. The lowest BCUT2D eigenvalue weighted by molar-refractivity contribution is -0.121. The van der Waals surface area contributed by atoms with Crippen LogP contribution in [-0.4, -0.2) is 17.5 Å². The Labute approximate surface area is 141 Å². The van der Waals surface area contributed by atoms with Gasteiger partial charge in [-0.05, 0) is 17.5 Å². The van der Waals surface area contributed by atoms with Gasteiger partial charge in [-0.25, -0.2) is 0 Å². The third kappa shape index (κ3) is 7.19. The van der Waals surface area contributed by atoms with E-state index in [-0.39, 0.29) is 17.6 Å². The van der Waals surface area contributed by atoms with E-state index in [1.165, 1.54) is 38.5 Å². The van der Waals surface area contributed by atoms with Crippen LogP contribution in [-0.2, 0) is 4.79 Å². The Morgan fingerprint density at radius 1 is 1.13 bits per heavy atom. The van der Waals surface area contributed by atoms with Gasteiger partial charge in [-0.2, -0.15) is 0 Å². The average Bonchev–Trinajstić information content (AvgIpc) is 2.97. The molecule has 1 aromatic heterocycles. The highest BCUT2D eigenvalue weighted by molar-refractivity contribution is 5.85. The summed E-state index contributed by atoms with van der Waals surface area (Å²) in [5.41, 5.74) is 0. The van der Waals surface area contributed by atoms with Crippen molar-refractivity contribution in [3.63, 3.8) is 0 Å². The van der Waals surface area contributed by atoms with Crippen LogP contribution in [0.3, 0.4) is 0 Å². The van der Waals surface area contributed by atoms with Crippen molar-refractivity contribution in [2.24, 2.45) is 5.92 Å². The molecule has 0 saturated heterocycles. The summed E-state index contributed by atoms with van der Waals surface area (Å²) >= 11 is 0. The first-order valence-corrected chi connectivity index (χ1v) is 9.22. The molecule has 0 aliphatic rings. The second kappa shape index (κ2) is 11.3. The van der Waals surface area contributed by atoms with Crippen molar-refractivity contribution in [3.8, 4) is 5.88 Å². The molecular weight excluding hydrogens is 290 g/mol. The van der Waals surface area contributed by atoms with E-state index < -0.39 is 0 Å². The Hall–Kier alpha value is -1.32. The van der Waals surface area contributed by atoms with Gasteiger partial charge in [0.1, 0.15) is 5.78 Å². The lowest BCUT2D eigenvalue weighted by atomic mass is 9.88. The molecule has 4 heteroatoms. The van der Waals surface area contributed by atoms with E-state index in [1.54, 1.807) is 6.07 Å². The van der Waals surface area contributed by atoms with E-state index in [2.05, 4.69) is 12.1 Å². The van der Waals surface area contributed by atoms with Crippen LogP contribution in [0.1, 0.15) is 90.7 Å². The maximum atomic E-state index is 12.0. The van der Waals surface area contributed by atoms with Gasteiger partial charge in [-0.15, -0.1) is 0 Å². The van der Waals surface area contributed by atoms with Crippen LogP contribution in [0.2, 0.25) is 0 Å². The minimum atomic E-state index is -0.219. The van der Waals surface area contributed by atoms with Crippen LogP contribution in [0.5, 0.6) is 5.88 Å². The van der Waals surface area contributed by atoms with Crippen LogP contribution in [0.15, 0.2) is 10.6 Å². The zero-order valence-corrected chi connectivity index (χ0v) is 15.3. The van der Waals surface area contributed by atoms with E-state index in [4.69, 9.17) is 9.26 Å². The number of nitrogens with zero attached hydrogens (tertiary/aromatic N) is 1. The molecule has 4 nitrogen and oxygen atoms in total. The smallest absolute Gasteiger partial charge is 0.254 e. The quantitative estimate of drug-likeness (QED) is 0.448. The Balaban J connectivity index is 2.32. The molecule has 23 heavy (non-hydrogen) atoms. The molecule has 1 atom stereocenters. The molecule has 0 N–H and O–H groups in total. The highest BCUT2D eigenvalue weighted by Gasteiger charge is 2.27. The topological polar surface area (TPSA) is 52.3 Å². The van der Waals surface area contributed by atoms with Crippen molar-refractivity contribution in [2.75, 3.05) is 6.61 Å². The molecule has 1 heterocycles. The molecule has 132 valence electrons. The van der Waals surface area contributed by atoms with Crippen molar-refractivity contribution in [1.29, 1.82) is 0 Å². The summed E-state index contributed by atoms with van der Waals surface area (Å²) in [6.07, 6.45) is 9.29. The SMILES string of the molecule is CCCCCCCCCOc1cc(C(C(=O)CC)C(C)C)on1. The molecule has 1 unspecified atom stereocenters. The molecule has 0 aliphatic carbocycles. The van der Waals surface area contributed by atoms with E-state index in [9.17, 15) is 4.79 Å². The molecule has 0 radical (unpaired) electrons. The Bertz CT molecular complexity index is 440. The van der Waals surface area contributed by atoms with E-state index in [0.717, 1.165) is 6.42 Å². The second-order valence-corrected chi connectivity index (χ2v) is 6.58. The largest absolute Gasteiger partial charge is 0.476 e. The van der Waals surface area contributed by atoms with Crippen molar-refractivity contribution in [1.82, 2.24) is 5.16 Å². The van der Waals surface area contributed by atoms with Crippen LogP contribution in [0, 0.1) is 5.92 Å². The third-order valence-electron chi connectivity index (χ3n) is 4.17. The average molecular weight is 323 g/mol. The maximum absolute atomic E-state index is 12.0. The van der Waals surface area contributed by atoms with Gasteiger partial charge in [0.15, 0.2) is 5.76 Å². The van der Waals surface area contributed by atoms with Crippen molar-refractivity contribution >= 4 is 5.78 Å². The third-order valence-corrected chi connectivity index (χ3v) is 4.17. The summed E-state index contributed by atoms with van der Waals surface area (Å²) in [4.78, 5) is 12.0. The number of ether oxygens (including phenoxy) is 1. The molecular formula is C19H33NO3. The predicted molar refractivity (Wildman–Crippen MR) is 92.9 cm³/mol. The molecule has 0 aliphatic heterocycles. The van der Waals surface area contributed by atoms with Gasteiger partial charge < -0.3 is 9.26 Å². The number of hydrogen-bond acceptors (Lipinski definition) is 4. The number of carbonyl (C=O) groups excluding carboxylic acids is 1. The Kier molecular flexibility index (Phi) is 9.65. The van der Waals surface area contributed by atoms with E-state index >= 15 is 0 Å². The van der Waals surface area contributed by atoms with Gasteiger partial charge in [0, 0.05) is 12.5 Å². The normalized spacial score (nSPS) is 12.6. The number of carbonyl (C=O) groups is 1. The number of aromatic nitrogens is 1. The van der Waals surface area contributed by atoms with Crippen molar-refractivity contribution in [2.45, 2.75) is 85.0 Å². The number of Topliss-reactive ketones (excluding diaryl/α,β-unsaturated/α-hetero) is 1. The van der Waals surface area contributed by atoms with Gasteiger partial charge >= 0.3 is 0 Å². The van der Waals surface area contributed by atoms with Crippen molar-refractivity contribution < 1.29 is 14.1 Å². The highest BCUT2D eigenvalue weighted by atomic mass is 16.5. The predicted octanol–water partition coefficient (Wildman–Crippen LogP) is 5.52. The lowest BCUT2D eigenvalue weighted by Gasteiger charge is -2.14. The number of hydrogen-bond donors (Lipinski definition) is 0. The number of ketones is 1. The first kappa shape index (κ1) is 19.7. The van der Waals surface area contributed by atoms with Crippen LogP contribution >= 0.6 is 0 Å². The summed E-state index contributed by atoms with van der Waals surface area (Å²) < 4.78 is 11.0. The molecule has 0 amide bonds. The van der Waals surface area contributed by atoms with E-state index in [0.29, 0.717) is 24.7 Å². The summed E-state index contributed by atoms with van der Waals surface area (Å²) in [6, 6.07) is 1.78. The lowest BCUT2D eigenvalue weighted by Crippen LogP contribution is -2.16. The maximum Gasteiger partial charge on any atom is 0.254 e. The van der Waals surface area contributed by atoms with E-state index in [1.807, 2.05) is 20.8 Å². The first-order valence-electron chi connectivity index (χ1n) is 9.22.